The molecule has 4 rings (SSSR count). The van der Waals surface area contributed by atoms with Crippen LogP contribution in [-0.4, -0.2) is 24.7 Å². The Morgan fingerprint density at radius 1 is 1.04 bits per heavy atom. The summed E-state index contributed by atoms with van der Waals surface area (Å²) in [7, 11) is -3.76. The minimum atomic E-state index is -3.76. The van der Waals surface area contributed by atoms with Crippen LogP contribution in [0.5, 0.6) is 0 Å². The third kappa shape index (κ3) is 3.61. The van der Waals surface area contributed by atoms with Gasteiger partial charge in [-0.3, -0.25) is 4.79 Å². The van der Waals surface area contributed by atoms with Crippen molar-refractivity contribution in [3.8, 4) is 0 Å². The fraction of sp³-hybridized carbons (Fsp3) is 0.190. The molecule has 3 aromatic rings. The highest BCUT2D eigenvalue weighted by Gasteiger charge is 2.40. The van der Waals surface area contributed by atoms with Crippen LogP contribution in [0.15, 0.2) is 70.3 Å². The zero-order valence-corrected chi connectivity index (χ0v) is 17.0. The van der Waals surface area contributed by atoms with E-state index in [0.29, 0.717) is 12.1 Å². The number of sulfonamides is 1. The van der Waals surface area contributed by atoms with Crippen LogP contribution in [-0.2, 0) is 27.8 Å². The van der Waals surface area contributed by atoms with E-state index >= 15 is 0 Å². The van der Waals surface area contributed by atoms with Gasteiger partial charge in [-0.25, -0.2) is 8.42 Å². The van der Waals surface area contributed by atoms with Gasteiger partial charge in [0.05, 0.1) is 0 Å². The first kappa shape index (κ1) is 18.9. The van der Waals surface area contributed by atoms with Crippen molar-refractivity contribution in [2.24, 2.45) is 0 Å². The largest absolute Gasteiger partial charge is 0.325 e. The minimum Gasteiger partial charge on any atom is -0.325 e. The molecule has 1 atom stereocenters. The fourth-order valence-corrected chi connectivity index (χ4v) is 6.05. The summed E-state index contributed by atoms with van der Waals surface area (Å²) in [5.41, 5.74) is 3.68. The second-order valence-corrected chi connectivity index (χ2v) is 9.89. The number of carbonyl (C=O) groups excluding carboxylic acids is 1. The molecule has 2 aromatic carbocycles. The number of anilines is 1. The third-order valence-electron chi connectivity index (χ3n) is 4.89. The molecule has 0 radical (unpaired) electrons. The van der Waals surface area contributed by atoms with Crippen LogP contribution < -0.4 is 5.32 Å². The molecule has 0 bridgehead atoms. The van der Waals surface area contributed by atoms with E-state index in [2.05, 4.69) is 5.32 Å². The molecule has 0 aliphatic carbocycles. The van der Waals surface area contributed by atoms with Gasteiger partial charge in [0.15, 0.2) is 0 Å². The Morgan fingerprint density at radius 3 is 2.43 bits per heavy atom. The highest BCUT2D eigenvalue weighted by molar-refractivity contribution is 7.91. The fourth-order valence-electron chi connectivity index (χ4n) is 3.36. The maximum Gasteiger partial charge on any atom is 0.253 e. The number of benzene rings is 2. The van der Waals surface area contributed by atoms with E-state index < -0.39 is 16.1 Å². The topological polar surface area (TPSA) is 66.5 Å². The Hall–Kier alpha value is -2.48. The van der Waals surface area contributed by atoms with Gasteiger partial charge in [-0.15, -0.1) is 11.3 Å². The van der Waals surface area contributed by atoms with E-state index in [1.165, 1.54) is 4.31 Å². The van der Waals surface area contributed by atoms with Crippen molar-refractivity contribution in [1.29, 1.82) is 0 Å². The van der Waals surface area contributed by atoms with Crippen LogP contribution >= 0.6 is 11.3 Å². The van der Waals surface area contributed by atoms with Crippen molar-refractivity contribution >= 4 is 33.0 Å². The van der Waals surface area contributed by atoms with Crippen molar-refractivity contribution in [2.45, 2.75) is 30.1 Å². The molecule has 0 spiro atoms. The Morgan fingerprint density at radius 2 is 1.75 bits per heavy atom. The molecule has 1 aliphatic heterocycles. The lowest BCUT2D eigenvalue weighted by molar-refractivity contribution is -0.120. The average Bonchev–Trinajstić information content (AvgIpc) is 3.24. The van der Waals surface area contributed by atoms with E-state index in [1.807, 2.05) is 55.5 Å². The number of carbonyl (C=O) groups is 1. The lowest BCUT2D eigenvalue weighted by atomic mass is 9.95. The molecule has 7 heteroatoms. The van der Waals surface area contributed by atoms with Gasteiger partial charge < -0.3 is 5.32 Å². The van der Waals surface area contributed by atoms with Crippen LogP contribution in [0.4, 0.5) is 5.69 Å². The molecular formula is C21H20N2O3S2. The molecule has 0 saturated carbocycles. The Kier molecular flexibility index (Phi) is 5.05. The van der Waals surface area contributed by atoms with Gasteiger partial charge in [0.1, 0.15) is 10.3 Å². The van der Waals surface area contributed by atoms with Crippen LogP contribution in [0.25, 0.3) is 0 Å². The summed E-state index contributed by atoms with van der Waals surface area (Å²) in [6.45, 7) is 2.15. The Balaban J connectivity index is 1.69. The summed E-state index contributed by atoms with van der Waals surface area (Å²) in [5, 5.41) is 4.60. The predicted molar refractivity (Wildman–Crippen MR) is 111 cm³/mol. The van der Waals surface area contributed by atoms with E-state index in [0.717, 1.165) is 28.0 Å². The highest BCUT2D eigenvalue weighted by Crippen LogP contribution is 2.31. The standard InChI is InChI=1S/C21H20N2O3S2/c1-15-8-10-18(11-9-15)22-21(24)19-13-16-5-2-3-6-17(16)14-23(19)28(25,26)20-7-4-12-27-20/h2-12,19H,13-14H2,1H3,(H,22,24)/t19-/m0/s1. The Labute approximate surface area is 168 Å². The molecule has 1 N–H and O–H groups in total. The molecular weight excluding hydrogens is 392 g/mol. The molecule has 28 heavy (non-hydrogen) atoms. The minimum absolute atomic E-state index is 0.183. The summed E-state index contributed by atoms with van der Waals surface area (Å²) < 4.78 is 28.0. The first-order valence-electron chi connectivity index (χ1n) is 8.95. The molecule has 0 fully saturated rings. The number of hydrogen-bond acceptors (Lipinski definition) is 4. The number of fused-ring (bicyclic) bond motifs is 1. The number of amides is 1. The van der Waals surface area contributed by atoms with Gasteiger partial charge >= 0.3 is 0 Å². The van der Waals surface area contributed by atoms with Crippen molar-refractivity contribution in [3.63, 3.8) is 0 Å². The smallest absolute Gasteiger partial charge is 0.253 e. The van der Waals surface area contributed by atoms with Crippen molar-refractivity contribution in [1.82, 2.24) is 4.31 Å². The van der Waals surface area contributed by atoms with Gasteiger partial charge in [-0.05, 0) is 48.1 Å². The van der Waals surface area contributed by atoms with Crippen LogP contribution in [0.3, 0.4) is 0 Å². The van der Waals surface area contributed by atoms with Gasteiger partial charge in [-0.2, -0.15) is 4.31 Å². The summed E-state index contributed by atoms with van der Waals surface area (Å²) >= 11 is 1.16. The Bertz CT molecular complexity index is 1090. The van der Waals surface area contributed by atoms with E-state index in [1.54, 1.807) is 17.5 Å². The van der Waals surface area contributed by atoms with Gasteiger partial charge in [0.25, 0.3) is 10.0 Å². The second kappa shape index (κ2) is 7.50. The molecule has 0 saturated heterocycles. The van der Waals surface area contributed by atoms with Crippen molar-refractivity contribution < 1.29 is 13.2 Å². The van der Waals surface area contributed by atoms with Crippen molar-refractivity contribution in [2.75, 3.05) is 5.32 Å². The number of thiophene rings is 1. The summed E-state index contributed by atoms with van der Waals surface area (Å²) in [4.78, 5) is 13.1. The molecule has 1 aliphatic rings. The monoisotopic (exact) mass is 412 g/mol. The predicted octanol–water partition coefficient (Wildman–Crippen LogP) is 3.81. The zero-order valence-electron chi connectivity index (χ0n) is 15.3. The lowest BCUT2D eigenvalue weighted by Gasteiger charge is -2.34. The van der Waals surface area contributed by atoms with Gasteiger partial charge in [-0.1, -0.05) is 48.0 Å². The summed E-state index contributed by atoms with van der Waals surface area (Å²) in [6.07, 6.45) is 0.346. The van der Waals surface area contributed by atoms with Crippen LogP contribution in [0.2, 0.25) is 0 Å². The molecule has 1 amide bonds. The summed E-state index contributed by atoms with van der Waals surface area (Å²) in [6, 6.07) is 17.6. The first-order chi connectivity index (χ1) is 13.4. The van der Waals surface area contributed by atoms with E-state index in [9.17, 15) is 13.2 Å². The molecule has 1 aromatic heterocycles. The van der Waals surface area contributed by atoms with Crippen LogP contribution in [0, 0.1) is 6.92 Å². The number of aryl methyl sites for hydroxylation is 1. The maximum atomic E-state index is 13.2. The number of hydrogen-bond donors (Lipinski definition) is 1. The van der Waals surface area contributed by atoms with Crippen molar-refractivity contribution in [3.05, 3.63) is 82.7 Å². The normalized spacial score (nSPS) is 17.1. The van der Waals surface area contributed by atoms with E-state index in [-0.39, 0.29) is 16.7 Å². The lowest BCUT2D eigenvalue weighted by Crippen LogP contribution is -2.50. The second-order valence-electron chi connectivity index (χ2n) is 6.83. The van der Waals surface area contributed by atoms with Gasteiger partial charge in [0.2, 0.25) is 5.91 Å². The maximum absolute atomic E-state index is 13.2. The van der Waals surface area contributed by atoms with Gasteiger partial charge in [0, 0.05) is 12.2 Å². The SMILES string of the molecule is Cc1ccc(NC(=O)[C@@H]2Cc3ccccc3CN2S(=O)(=O)c2cccs2)cc1. The third-order valence-corrected chi connectivity index (χ3v) is 8.11. The summed E-state index contributed by atoms with van der Waals surface area (Å²) in [5.74, 6) is -0.321. The first-order valence-corrected chi connectivity index (χ1v) is 11.3. The molecule has 5 nitrogen and oxygen atoms in total. The highest BCUT2D eigenvalue weighted by atomic mass is 32.2. The number of rotatable bonds is 4. The molecule has 0 unspecified atom stereocenters. The van der Waals surface area contributed by atoms with Crippen LogP contribution in [0.1, 0.15) is 16.7 Å². The molecule has 144 valence electrons. The number of nitrogens with one attached hydrogen (secondary N) is 1. The average molecular weight is 413 g/mol. The molecule has 2 heterocycles. The van der Waals surface area contributed by atoms with E-state index in [4.69, 9.17) is 0 Å². The number of nitrogens with zero attached hydrogens (tertiary/aromatic N) is 1. The quantitative estimate of drug-likeness (QED) is 0.709. The zero-order chi connectivity index (χ0) is 19.7.